The third kappa shape index (κ3) is 6.25. The molecule has 0 saturated heterocycles. The molecule has 0 spiro atoms. The highest BCUT2D eigenvalue weighted by Gasteiger charge is 2.26. The van der Waals surface area contributed by atoms with E-state index >= 15 is 0 Å². The maximum atomic E-state index is 13.2. The molecule has 0 aromatic heterocycles. The third-order valence-electron chi connectivity index (χ3n) is 4.46. The predicted molar refractivity (Wildman–Crippen MR) is 91.0 cm³/mol. The molecule has 1 saturated carbocycles. The average molecular weight is 352 g/mol. The van der Waals surface area contributed by atoms with Crippen molar-refractivity contribution in [2.24, 2.45) is 5.92 Å². The molecule has 0 bridgehead atoms. The molecule has 6 nitrogen and oxygen atoms in total. The monoisotopic (exact) mass is 352 g/mol. The zero-order valence-corrected chi connectivity index (χ0v) is 14.3. The van der Waals surface area contributed by atoms with Crippen molar-refractivity contribution >= 4 is 12.0 Å². The van der Waals surface area contributed by atoms with E-state index in [1.54, 1.807) is 12.1 Å². The van der Waals surface area contributed by atoms with Crippen LogP contribution >= 0.6 is 0 Å². The molecule has 1 aliphatic rings. The number of carbonyl (C=O) groups is 2. The van der Waals surface area contributed by atoms with E-state index in [1.165, 1.54) is 12.1 Å². The lowest BCUT2D eigenvalue weighted by Gasteiger charge is -2.27. The smallest absolute Gasteiger partial charge is 0.315 e. The van der Waals surface area contributed by atoms with Crippen LogP contribution in [-0.4, -0.2) is 35.8 Å². The van der Waals surface area contributed by atoms with Crippen molar-refractivity contribution in [3.8, 4) is 5.75 Å². The maximum Gasteiger partial charge on any atom is 0.315 e. The molecule has 1 aromatic carbocycles. The summed E-state index contributed by atoms with van der Waals surface area (Å²) in [5.74, 6) is -0.996. The topological polar surface area (TPSA) is 87.7 Å². The Hall–Kier alpha value is -2.31. The van der Waals surface area contributed by atoms with E-state index in [0.29, 0.717) is 44.4 Å². The Morgan fingerprint density at radius 2 is 2.04 bits per heavy atom. The highest BCUT2D eigenvalue weighted by Crippen LogP contribution is 2.24. The summed E-state index contributed by atoms with van der Waals surface area (Å²) in [6.07, 6.45) is 2.92. The molecule has 1 aromatic rings. The molecule has 0 aliphatic heterocycles. The normalized spacial score (nSPS) is 21.2. The van der Waals surface area contributed by atoms with Gasteiger partial charge in [0.1, 0.15) is 17.7 Å². The number of urea groups is 1. The van der Waals surface area contributed by atoms with Crippen LogP contribution in [0.15, 0.2) is 24.3 Å². The Labute approximate surface area is 146 Å². The largest absolute Gasteiger partial charge is 0.489 e. The fraction of sp³-hybridized carbons (Fsp3) is 0.556. The number of rotatable bonds is 7. The summed E-state index contributed by atoms with van der Waals surface area (Å²) in [4.78, 5) is 22.9. The zero-order chi connectivity index (χ0) is 18.2. The number of benzene rings is 1. The van der Waals surface area contributed by atoms with E-state index in [9.17, 15) is 14.0 Å². The third-order valence-corrected chi connectivity index (χ3v) is 4.46. The van der Waals surface area contributed by atoms with E-state index < -0.39 is 5.97 Å². The van der Waals surface area contributed by atoms with Crippen molar-refractivity contribution in [3.63, 3.8) is 0 Å². The first-order valence-corrected chi connectivity index (χ1v) is 8.67. The van der Waals surface area contributed by atoms with Gasteiger partial charge in [0.2, 0.25) is 0 Å². The number of hydrogen-bond acceptors (Lipinski definition) is 3. The first-order chi connectivity index (χ1) is 12.0. The lowest BCUT2D eigenvalue weighted by molar-refractivity contribution is -0.142. The number of amides is 2. The van der Waals surface area contributed by atoms with Crippen LogP contribution < -0.4 is 15.4 Å². The quantitative estimate of drug-likeness (QED) is 0.704. The number of carboxylic acids is 1. The average Bonchev–Trinajstić information content (AvgIpc) is 2.59. The molecule has 0 heterocycles. The zero-order valence-electron chi connectivity index (χ0n) is 14.3. The van der Waals surface area contributed by atoms with Crippen LogP contribution in [0, 0.1) is 11.7 Å². The summed E-state index contributed by atoms with van der Waals surface area (Å²) in [5.41, 5.74) is 0. The van der Waals surface area contributed by atoms with Crippen molar-refractivity contribution in [1.29, 1.82) is 0 Å². The molecule has 2 rings (SSSR count). The Morgan fingerprint density at radius 1 is 1.32 bits per heavy atom. The number of halogens is 1. The van der Waals surface area contributed by atoms with Gasteiger partial charge in [-0.2, -0.15) is 0 Å². The van der Waals surface area contributed by atoms with Crippen molar-refractivity contribution in [1.82, 2.24) is 10.6 Å². The minimum Gasteiger partial charge on any atom is -0.489 e. The summed E-state index contributed by atoms with van der Waals surface area (Å²) in [7, 11) is 0. The summed E-state index contributed by atoms with van der Waals surface area (Å²) in [6, 6.07) is 5.61. The van der Waals surface area contributed by atoms with Crippen LogP contribution in [-0.2, 0) is 4.79 Å². The molecule has 1 aliphatic carbocycles. The van der Waals surface area contributed by atoms with Gasteiger partial charge in [-0.15, -0.1) is 0 Å². The first-order valence-electron chi connectivity index (χ1n) is 8.67. The fourth-order valence-electron chi connectivity index (χ4n) is 2.93. The Morgan fingerprint density at radius 3 is 2.64 bits per heavy atom. The number of ether oxygens (including phenoxy) is 1. The van der Waals surface area contributed by atoms with Gasteiger partial charge in [0.05, 0.1) is 12.5 Å². The van der Waals surface area contributed by atoms with Gasteiger partial charge >= 0.3 is 12.0 Å². The van der Waals surface area contributed by atoms with Gasteiger partial charge in [0.25, 0.3) is 0 Å². The van der Waals surface area contributed by atoms with Crippen LogP contribution in [0.1, 0.15) is 39.0 Å². The van der Waals surface area contributed by atoms with Crippen LogP contribution in [0.3, 0.4) is 0 Å². The van der Waals surface area contributed by atoms with E-state index in [-0.39, 0.29) is 29.9 Å². The lowest BCUT2D eigenvalue weighted by Crippen LogP contribution is -2.46. The number of hydrogen-bond donors (Lipinski definition) is 3. The Balaban J connectivity index is 1.72. The van der Waals surface area contributed by atoms with E-state index in [1.807, 2.05) is 6.92 Å². The van der Waals surface area contributed by atoms with Gasteiger partial charge in [-0.05, 0) is 44.2 Å². The second kappa shape index (κ2) is 9.25. The lowest BCUT2D eigenvalue weighted by atomic mass is 9.86. The van der Waals surface area contributed by atoms with Crippen molar-refractivity contribution in [3.05, 3.63) is 30.1 Å². The molecule has 7 heteroatoms. The SMILES string of the molecule is CCC(CNC(=O)NC1CCC(C(=O)O)CC1)Oc1cccc(F)c1. The summed E-state index contributed by atoms with van der Waals surface area (Å²) >= 11 is 0. The van der Waals surface area contributed by atoms with Crippen molar-refractivity contribution in [2.75, 3.05) is 6.54 Å². The number of carbonyl (C=O) groups excluding carboxylic acids is 1. The molecule has 1 atom stereocenters. The van der Waals surface area contributed by atoms with Gasteiger partial charge in [0, 0.05) is 12.1 Å². The highest BCUT2D eigenvalue weighted by molar-refractivity contribution is 5.74. The summed E-state index contributed by atoms with van der Waals surface area (Å²) < 4.78 is 18.9. The predicted octanol–water partition coefficient (Wildman–Crippen LogP) is 2.93. The highest BCUT2D eigenvalue weighted by atomic mass is 19.1. The van der Waals surface area contributed by atoms with E-state index in [0.717, 1.165) is 0 Å². The molecule has 3 N–H and O–H groups in total. The second-order valence-electron chi connectivity index (χ2n) is 6.35. The molecular formula is C18H25FN2O4. The fourth-order valence-corrected chi connectivity index (χ4v) is 2.93. The first kappa shape index (κ1) is 19.0. The number of aliphatic carboxylic acids is 1. The summed E-state index contributed by atoms with van der Waals surface area (Å²) in [5, 5.41) is 14.6. The minimum atomic E-state index is -0.761. The van der Waals surface area contributed by atoms with Crippen LogP contribution in [0.5, 0.6) is 5.75 Å². The van der Waals surface area contributed by atoms with Crippen molar-refractivity contribution in [2.45, 2.75) is 51.2 Å². The van der Waals surface area contributed by atoms with E-state index in [4.69, 9.17) is 9.84 Å². The number of nitrogens with one attached hydrogen (secondary N) is 2. The van der Waals surface area contributed by atoms with Gasteiger partial charge in [0.15, 0.2) is 0 Å². The van der Waals surface area contributed by atoms with Gasteiger partial charge in [-0.3, -0.25) is 4.79 Å². The van der Waals surface area contributed by atoms with E-state index in [2.05, 4.69) is 10.6 Å². The molecule has 1 unspecified atom stereocenters. The van der Waals surface area contributed by atoms with Crippen LogP contribution in [0.4, 0.5) is 9.18 Å². The van der Waals surface area contributed by atoms with Gasteiger partial charge in [-0.1, -0.05) is 13.0 Å². The Kier molecular flexibility index (Phi) is 7.03. The van der Waals surface area contributed by atoms with Gasteiger partial charge < -0.3 is 20.5 Å². The molecule has 2 amide bonds. The van der Waals surface area contributed by atoms with Crippen LogP contribution in [0.25, 0.3) is 0 Å². The maximum absolute atomic E-state index is 13.2. The summed E-state index contributed by atoms with van der Waals surface area (Å²) in [6.45, 7) is 2.24. The van der Waals surface area contributed by atoms with Crippen LogP contribution in [0.2, 0.25) is 0 Å². The molecule has 25 heavy (non-hydrogen) atoms. The molecule has 138 valence electrons. The van der Waals surface area contributed by atoms with Crippen molar-refractivity contribution < 1.29 is 23.8 Å². The minimum absolute atomic E-state index is 0.000172. The molecule has 1 fully saturated rings. The Bertz CT molecular complexity index is 588. The molecular weight excluding hydrogens is 327 g/mol. The van der Waals surface area contributed by atoms with Gasteiger partial charge in [-0.25, -0.2) is 9.18 Å². The second-order valence-corrected chi connectivity index (χ2v) is 6.35. The number of carboxylic acid groups (broad SMARTS) is 1. The molecule has 0 radical (unpaired) electrons. The standard InChI is InChI=1S/C18H25FN2O4/c1-2-15(25-16-5-3-4-13(19)10-16)11-20-18(24)21-14-8-6-12(7-9-14)17(22)23/h3-5,10,12,14-15H,2,6-9,11H2,1H3,(H,22,23)(H2,20,21,24).